The van der Waals surface area contributed by atoms with E-state index in [0.717, 1.165) is 11.8 Å². The summed E-state index contributed by atoms with van der Waals surface area (Å²) in [7, 11) is -6.05. The number of hydrogen-bond donors (Lipinski definition) is 0. The second kappa shape index (κ2) is 12.8. The number of carbonyl (C=O) groups excluding carboxylic acids is 1. The number of nitrogens with zero attached hydrogens (tertiary/aromatic N) is 4. The maximum absolute atomic E-state index is 15.3. The molecule has 0 spiro atoms. The third kappa shape index (κ3) is 6.82. The average molecular weight is 654 g/mol. The maximum Gasteiger partial charge on any atom is 0.410 e. The molecule has 0 bridgehead atoms. The zero-order valence-corrected chi connectivity index (χ0v) is 26.8. The number of benzene rings is 2. The molecule has 5 rings (SSSR count). The molecule has 2 atom stereocenters. The minimum Gasteiger partial charge on any atom is -0.445 e. The SMILES string of the molecule is C[Si](C)(C)CCS(=O)(=O)n1cc(C2CC[N]C(N3CCN(C(=O)OCc4ccccc4)CC3)C2)c2c(F)c(F)c(F)c(F)c21. The Kier molecular flexibility index (Phi) is 9.45. The highest BCUT2D eigenvalue weighted by molar-refractivity contribution is 7.90. The van der Waals surface area contributed by atoms with Gasteiger partial charge in [-0.3, -0.25) is 4.90 Å². The van der Waals surface area contributed by atoms with E-state index in [-0.39, 0.29) is 24.1 Å². The van der Waals surface area contributed by atoms with Crippen LogP contribution in [0.15, 0.2) is 36.5 Å². The smallest absolute Gasteiger partial charge is 0.410 e. The van der Waals surface area contributed by atoms with Gasteiger partial charge in [0, 0.05) is 52.4 Å². The van der Waals surface area contributed by atoms with E-state index in [2.05, 4.69) is 4.90 Å². The van der Waals surface area contributed by atoms with Gasteiger partial charge in [-0.1, -0.05) is 50.0 Å². The molecular formula is C30H37F4N4O4SSi. The summed E-state index contributed by atoms with van der Waals surface area (Å²) in [6.07, 6.45) is 1.13. The van der Waals surface area contributed by atoms with Crippen LogP contribution in [0.25, 0.3) is 10.9 Å². The Balaban J connectivity index is 1.34. The van der Waals surface area contributed by atoms with E-state index >= 15 is 8.78 Å². The molecule has 14 heteroatoms. The largest absolute Gasteiger partial charge is 0.445 e. The highest BCUT2D eigenvalue weighted by Gasteiger charge is 2.36. The first-order chi connectivity index (χ1) is 20.8. The monoisotopic (exact) mass is 653 g/mol. The van der Waals surface area contributed by atoms with Gasteiger partial charge in [-0.25, -0.2) is 40.1 Å². The minimum absolute atomic E-state index is 0.120. The lowest BCUT2D eigenvalue weighted by molar-refractivity contribution is 0.0440. The van der Waals surface area contributed by atoms with Crippen LogP contribution in [0.3, 0.4) is 0 Å². The fourth-order valence-electron chi connectivity index (χ4n) is 5.79. The molecule has 239 valence electrons. The molecule has 2 unspecified atom stereocenters. The number of fused-ring (bicyclic) bond motifs is 1. The van der Waals surface area contributed by atoms with Gasteiger partial charge in [0.2, 0.25) is 10.0 Å². The van der Waals surface area contributed by atoms with Gasteiger partial charge in [0.1, 0.15) is 12.1 Å². The van der Waals surface area contributed by atoms with Gasteiger partial charge in [-0.15, -0.1) is 0 Å². The first kappa shape index (κ1) is 32.5. The van der Waals surface area contributed by atoms with Crippen molar-refractivity contribution in [3.63, 3.8) is 0 Å². The Morgan fingerprint density at radius 1 is 0.977 bits per heavy atom. The Bertz CT molecular complexity index is 1620. The molecular weight excluding hydrogens is 616 g/mol. The van der Waals surface area contributed by atoms with Gasteiger partial charge in [-0.2, -0.15) is 0 Å². The predicted molar refractivity (Wildman–Crippen MR) is 162 cm³/mol. The molecule has 3 aromatic rings. The fraction of sp³-hybridized carbons (Fsp3) is 0.500. The molecule has 1 aromatic heterocycles. The minimum atomic E-state index is -4.21. The average Bonchev–Trinajstić information content (AvgIpc) is 3.43. The summed E-state index contributed by atoms with van der Waals surface area (Å²) in [5.41, 5.74) is 0.208. The number of rotatable bonds is 8. The lowest BCUT2D eigenvalue weighted by Gasteiger charge is -2.41. The standard InChI is InChI=1S/C30H37F4N4O4SSi/c1-44(2,3)16-15-43(40,41)38-18-22(24-25(31)26(32)27(33)28(34)29(24)38)21-9-10-35-23(17-21)36-11-13-37(14-12-36)30(39)42-19-20-7-5-4-6-8-20/h4-8,18,21,23H,9-17,19H2,1-3H3. The van der Waals surface area contributed by atoms with Gasteiger partial charge in [0.05, 0.1) is 11.9 Å². The number of halogens is 4. The van der Waals surface area contributed by atoms with E-state index in [4.69, 9.17) is 10.1 Å². The lowest BCUT2D eigenvalue weighted by atomic mass is 9.87. The Labute approximate surface area is 256 Å². The number of piperidine rings is 1. The summed E-state index contributed by atoms with van der Waals surface area (Å²) in [5, 5.41) is 4.16. The molecule has 2 aliphatic heterocycles. The van der Waals surface area contributed by atoms with Crippen LogP contribution in [0.1, 0.15) is 29.9 Å². The van der Waals surface area contributed by atoms with Crippen LogP contribution in [-0.2, 0) is 21.4 Å². The Morgan fingerprint density at radius 3 is 2.30 bits per heavy atom. The van der Waals surface area contributed by atoms with E-state index in [0.29, 0.717) is 55.6 Å². The predicted octanol–water partition coefficient (Wildman–Crippen LogP) is 5.48. The molecule has 0 N–H and O–H groups in total. The van der Waals surface area contributed by atoms with E-state index in [9.17, 15) is 22.0 Å². The van der Waals surface area contributed by atoms with Crippen LogP contribution in [0.5, 0.6) is 0 Å². The number of carbonyl (C=O) groups is 1. The van der Waals surface area contributed by atoms with Crippen molar-refractivity contribution in [2.45, 2.75) is 57.2 Å². The fourth-order valence-corrected chi connectivity index (χ4v) is 10.2. The van der Waals surface area contributed by atoms with E-state index < -0.39 is 64.3 Å². The molecule has 2 fully saturated rings. The van der Waals surface area contributed by atoms with Crippen molar-refractivity contribution in [1.82, 2.24) is 19.1 Å². The number of hydrogen-bond acceptors (Lipinski definition) is 5. The lowest BCUT2D eigenvalue weighted by Crippen LogP contribution is -2.55. The van der Waals surface area contributed by atoms with E-state index in [1.165, 1.54) is 0 Å². The van der Waals surface area contributed by atoms with Gasteiger partial charge in [0.15, 0.2) is 23.3 Å². The van der Waals surface area contributed by atoms with Crippen molar-refractivity contribution in [1.29, 1.82) is 0 Å². The summed E-state index contributed by atoms with van der Waals surface area (Å²) in [4.78, 5) is 16.3. The van der Waals surface area contributed by atoms with Crippen LogP contribution in [0.4, 0.5) is 22.4 Å². The molecule has 0 aliphatic carbocycles. The molecule has 8 nitrogen and oxygen atoms in total. The van der Waals surface area contributed by atoms with Crippen LogP contribution >= 0.6 is 0 Å². The maximum atomic E-state index is 15.3. The first-order valence-electron chi connectivity index (χ1n) is 14.7. The van der Waals surface area contributed by atoms with Crippen molar-refractivity contribution < 1.29 is 35.5 Å². The summed E-state index contributed by atoms with van der Waals surface area (Å²) in [6, 6.07) is 9.72. The zero-order chi connectivity index (χ0) is 31.8. The molecule has 2 aromatic carbocycles. The van der Waals surface area contributed by atoms with E-state index in [1.54, 1.807) is 4.90 Å². The molecule has 1 radical (unpaired) electrons. The van der Waals surface area contributed by atoms with Crippen molar-refractivity contribution in [3.05, 3.63) is 70.9 Å². The van der Waals surface area contributed by atoms with Crippen molar-refractivity contribution in [2.24, 2.45) is 0 Å². The van der Waals surface area contributed by atoms with E-state index in [1.807, 2.05) is 50.0 Å². The Hall–Kier alpha value is -2.94. The van der Waals surface area contributed by atoms with Gasteiger partial charge < -0.3 is 9.64 Å². The van der Waals surface area contributed by atoms with Crippen molar-refractivity contribution in [2.75, 3.05) is 38.5 Å². The zero-order valence-electron chi connectivity index (χ0n) is 25.0. The number of piperazine rings is 1. The molecule has 44 heavy (non-hydrogen) atoms. The second-order valence-corrected chi connectivity index (χ2v) is 20.2. The van der Waals surface area contributed by atoms with Gasteiger partial charge >= 0.3 is 6.09 Å². The summed E-state index contributed by atoms with van der Waals surface area (Å²) in [6.45, 7) is 8.28. The third-order valence-corrected chi connectivity index (χ3v) is 12.1. The van der Waals surface area contributed by atoms with Gasteiger partial charge in [-0.05, 0) is 35.9 Å². The van der Waals surface area contributed by atoms with Gasteiger partial charge in [0.25, 0.3) is 0 Å². The summed E-state index contributed by atoms with van der Waals surface area (Å²) >= 11 is 0. The topological polar surface area (TPSA) is 86.0 Å². The summed E-state index contributed by atoms with van der Waals surface area (Å²) in [5.74, 6) is -8.16. The number of amides is 1. The molecule has 0 saturated carbocycles. The number of aromatic nitrogens is 1. The summed E-state index contributed by atoms with van der Waals surface area (Å²) < 4.78 is 92.2. The first-order valence-corrected chi connectivity index (χ1v) is 20.0. The van der Waals surface area contributed by atoms with Crippen LogP contribution in [-0.4, -0.2) is 81.0 Å². The Morgan fingerprint density at radius 2 is 1.64 bits per heavy atom. The number of ether oxygens (including phenoxy) is 1. The highest BCUT2D eigenvalue weighted by Crippen LogP contribution is 2.40. The van der Waals surface area contributed by atoms with Crippen LogP contribution in [0, 0.1) is 23.3 Å². The molecule has 1 amide bonds. The quantitative estimate of drug-likeness (QED) is 0.139. The third-order valence-electron chi connectivity index (χ3n) is 8.37. The van der Waals surface area contributed by atoms with Crippen molar-refractivity contribution in [3.8, 4) is 0 Å². The second-order valence-electron chi connectivity index (χ2n) is 12.7. The normalized spacial score (nSPS) is 20.3. The highest BCUT2D eigenvalue weighted by atomic mass is 32.2. The molecule has 3 heterocycles. The molecule has 2 saturated heterocycles. The van der Waals surface area contributed by atoms with Crippen LogP contribution in [0.2, 0.25) is 25.7 Å². The van der Waals surface area contributed by atoms with Crippen molar-refractivity contribution >= 4 is 35.1 Å². The van der Waals surface area contributed by atoms with Crippen LogP contribution < -0.4 is 5.32 Å². The molecule has 2 aliphatic rings.